The molecule has 88 valence electrons. The van der Waals surface area contributed by atoms with E-state index in [1.165, 1.54) is 50.3 Å². The van der Waals surface area contributed by atoms with E-state index in [1.54, 1.807) is 11.3 Å². The van der Waals surface area contributed by atoms with Gasteiger partial charge in [0.25, 0.3) is 0 Å². The zero-order valence-electron chi connectivity index (χ0n) is 9.56. The minimum atomic E-state index is 0.683. The Morgan fingerprint density at radius 1 is 1.31 bits per heavy atom. The molecule has 2 aliphatic rings. The first kappa shape index (κ1) is 10.5. The van der Waals surface area contributed by atoms with Crippen LogP contribution in [0.25, 0.3) is 0 Å². The molecule has 16 heavy (non-hydrogen) atoms. The third kappa shape index (κ3) is 1.96. The fourth-order valence-corrected chi connectivity index (χ4v) is 3.74. The molecule has 1 aromatic rings. The van der Waals surface area contributed by atoms with Gasteiger partial charge in [0.2, 0.25) is 0 Å². The highest BCUT2D eigenvalue weighted by atomic mass is 32.1. The lowest BCUT2D eigenvalue weighted by molar-refractivity contribution is 0.378. The van der Waals surface area contributed by atoms with E-state index in [0.717, 1.165) is 0 Å². The maximum absolute atomic E-state index is 4.48. The Kier molecular flexibility index (Phi) is 3.11. The average molecular weight is 237 g/mol. The topological polar surface area (TPSA) is 28.2 Å². The third-order valence-corrected chi connectivity index (χ3v) is 4.59. The van der Waals surface area contributed by atoms with Crippen molar-refractivity contribution in [2.45, 2.75) is 44.2 Å². The number of piperidine rings is 1. The first-order chi connectivity index (χ1) is 7.95. The molecule has 3 rings (SSSR count). The summed E-state index contributed by atoms with van der Waals surface area (Å²) >= 11 is 1.78. The molecule has 3 heterocycles. The van der Waals surface area contributed by atoms with E-state index >= 15 is 0 Å². The van der Waals surface area contributed by atoms with Gasteiger partial charge in [-0.25, -0.2) is 4.98 Å². The molecule has 0 bridgehead atoms. The number of thiazole rings is 1. The van der Waals surface area contributed by atoms with Gasteiger partial charge in [-0.05, 0) is 38.6 Å². The lowest BCUT2D eigenvalue weighted by Gasteiger charge is -2.39. The van der Waals surface area contributed by atoms with Crippen LogP contribution in [0.5, 0.6) is 0 Å². The molecular weight excluding hydrogens is 218 g/mol. The molecule has 4 heteroatoms. The molecule has 2 unspecified atom stereocenters. The molecule has 0 radical (unpaired) electrons. The Hall–Kier alpha value is -0.610. The molecule has 1 aromatic heterocycles. The molecule has 2 fully saturated rings. The number of hydrogen-bond acceptors (Lipinski definition) is 4. The number of nitrogens with one attached hydrogen (secondary N) is 1. The van der Waals surface area contributed by atoms with Crippen molar-refractivity contribution >= 4 is 16.5 Å². The van der Waals surface area contributed by atoms with E-state index < -0.39 is 0 Å². The van der Waals surface area contributed by atoms with Crippen LogP contribution >= 0.6 is 11.3 Å². The number of hydrogen-bond donors (Lipinski definition) is 1. The number of aromatic nitrogens is 1. The lowest BCUT2D eigenvalue weighted by atomic mass is 9.95. The van der Waals surface area contributed by atoms with Gasteiger partial charge in [-0.15, -0.1) is 11.3 Å². The van der Waals surface area contributed by atoms with Gasteiger partial charge in [0.1, 0.15) is 0 Å². The lowest BCUT2D eigenvalue weighted by Crippen LogP contribution is -2.50. The summed E-state index contributed by atoms with van der Waals surface area (Å²) in [6, 6.07) is 1.38. The second-order valence-electron chi connectivity index (χ2n) is 4.77. The predicted molar refractivity (Wildman–Crippen MR) is 68.1 cm³/mol. The van der Waals surface area contributed by atoms with E-state index in [-0.39, 0.29) is 0 Å². The van der Waals surface area contributed by atoms with Gasteiger partial charge in [-0.3, -0.25) is 0 Å². The summed E-state index contributed by atoms with van der Waals surface area (Å²) in [4.78, 5) is 7.02. The van der Waals surface area contributed by atoms with Crippen molar-refractivity contribution in [3.8, 4) is 0 Å². The Labute approximate surface area is 101 Å². The predicted octanol–water partition coefficient (Wildman–Crippen LogP) is 2.25. The average Bonchev–Trinajstić information content (AvgIpc) is 3.03. The summed E-state index contributed by atoms with van der Waals surface area (Å²) in [5, 5.41) is 6.96. The molecule has 2 atom stereocenters. The minimum absolute atomic E-state index is 0.683. The van der Waals surface area contributed by atoms with Gasteiger partial charge in [-0.1, -0.05) is 0 Å². The highest BCUT2D eigenvalue weighted by Gasteiger charge is 2.32. The molecule has 0 aromatic carbocycles. The number of anilines is 1. The summed E-state index contributed by atoms with van der Waals surface area (Å²) in [7, 11) is 0. The normalized spacial score (nSPS) is 30.9. The van der Waals surface area contributed by atoms with E-state index in [4.69, 9.17) is 0 Å². The van der Waals surface area contributed by atoms with Crippen LogP contribution in [-0.2, 0) is 0 Å². The molecule has 0 spiro atoms. The molecule has 1 N–H and O–H groups in total. The van der Waals surface area contributed by atoms with Crippen molar-refractivity contribution in [1.82, 2.24) is 10.3 Å². The zero-order chi connectivity index (χ0) is 10.8. The highest BCUT2D eigenvalue weighted by molar-refractivity contribution is 7.13. The van der Waals surface area contributed by atoms with E-state index in [2.05, 4.69) is 20.6 Å². The SMILES string of the molecule is c1csc(N2CCCCC2C2CCCN2)n1. The second-order valence-corrected chi connectivity index (χ2v) is 5.65. The van der Waals surface area contributed by atoms with Gasteiger partial charge in [-0.2, -0.15) is 0 Å². The Balaban J connectivity index is 1.78. The third-order valence-electron chi connectivity index (χ3n) is 3.78. The van der Waals surface area contributed by atoms with Crippen molar-refractivity contribution < 1.29 is 0 Å². The van der Waals surface area contributed by atoms with Crippen LogP contribution in [0.2, 0.25) is 0 Å². The van der Waals surface area contributed by atoms with Crippen molar-refractivity contribution in [2.75, 3.05) is 18.0 Å². The zero-order valence-corrected chi connectivity index (χ0v) is 10.4. The first-order valence-corrected chi connectivity index (χ1v) is 7.22. The van der Waals surface area contributed by atoms with Crippen LogP contribution in [0, 0.1) is 0 Å². The van der Waals surface area contributed by atoms with E-state index in [0.29, 0.717) is 12.1 Å². The molecule has 0 saturated carbocycles. The summed E-state index contributed by atoms with van der Waals surface area (Å²) in [5.41, 5.74) is 0. The van der Waals surface area contributed by atoms with Crippen LogP contribution in [-0.4, -0.2) is 30.2 Å². The summed E-state index contributed by atoms with van der Waals surface area (Å²) < 4.78 is 0. The standard InChI is InChI=1S/C12H19N3S/c1-2-8-15(12-14-7-9-16-12)11(5-1)10-4-3-6-13-10/h7,9-11,13H,1-6,8H2. The van der Waals surface area contributed by atoms with Gasteiger partial charge < -0.3 is 10.2 Å². The maximum Gasteiger partial charge on any atom is 0.185 e. The van der Waals surface area contributed by atoms with Gasteiger partial charge >= 0.3 is 0 Å². The van der Waals surface area contributed by atoms with Crippen LogP contribution < -0.4 is 10.2 Å². The second kappa shape index (κ2) is 4.72. The Bertz CT molecular complexity index is 319. The fraction of sp³-hybridized carbons (Fsp3) is 0.750. The van der Waals surface area contributed by atoms with Gasteiger partial charge in [0.15, 0.2) is 5.13 Å². The fourth-order valence-electron chi connectivity index (χ4n) is 3.01. The van der Waals surface area contributed by atoms with E-state index in [1.807, 2.05) is 6.20 Å². The van der Waals surface area contributed by atoms with Crippen molar-refractivity contribution in [2.24, 2.45) is 0 Å². The van der Waals surface area contributed by atoms with Crippen LogP contribution in [0.1, 0.15) is 32.1 Å². The monoisotopic (exact) mass is 237 g/mol. The smallest absolute Gasteiger partial charge is 0.185 e. The largest absolute Gasteiger partial charge is 0.344 e. The van der Waals surface area contributed by atoms with Crippen LogP contribution in [0.3, 0.4) is 0 Å². The summed E-state index contributed by atoms with van der Waals surface area (Å²) in [6.45, 7) is 2.39. The van der Waals surface area contributed by atoms with Crippen molar-refractivity contribution in [1.29, 1.82) is 0 Å². The van der Waals surface area contributed by atoms with Crippen molar-refractivity contribution in [3.05, 3.63) is 11.6 Å². The Morgan fingerprint density at radius 2 is 2.31 bits per heavy atom. The van der Waals surface area contributed by atoms with Crippen molar-refractivity contribution in [3.63, 3.8) is 0 Å². The molecule has 3 nitrogen and oxygen atoms in total. The number of nitrogens with zero attached hydrogens (tertiary/aromatic N) is 2. The Morgan fingerprint density at radius 3 is 3.06 bits per heavy atom. The maximum atomic E-state index is 4.48. The molecule has 0 aliphatic carbocycles. The van der Waals surface area contributed by atoms with Gasteiger partial charge in [0, 0.05) is 30.2 Å². The minimum Gasteiger partial charge on any atom is -0.344 e. The number of rotatable bonds is 2. The van der Waals surface area contributed by atoms with Crippen LogP contribution in [0.15, 0.2) is 11.6 Å². The molecule has 2 saturated heterocycles. The molecule has 2 aliphatic heterocycles. The highest BCUT2D eigenvalue weighted by Crippen LogP contribution is 2.30. The van der Waals surface area contributed by atoms with Crippen LogP contribution in [0.4, 0.5) is 5.13 Å². The first-order valence-electron chi connectivity index (χ1n) is 6.35. The quantitative estimate of drug-likeness (QED) is 0.855. The summed E-state index contributed by atoms with van der Waals surface area (Å²) in [5.74, 6) is 0. The molecular formula is C12H19N3S. The summed E-state index contributed by atoms with van der Waals surface area (Å²) in [6.07, 6.45) is 8.64. The van der Waals surface area contributed by atoms with E-state index in [9.17, 15) is 0 Å². The molecule has 0 amide bonds. The van der Waals surface area contributed by atoms with Gasteiger partial charge in [0.05, 0.1) is 0 Å².